The Labute approximate surface area is 145 Å². The second-order valence-corrected chi connectivity index (χ2v) is 7.11. The summed E-state index contributed by atoms with van der Waals surface area (Å²) in [6.07, 6.45) is 0.650. The van der Waals surface area contributed by atoms with E-state index in [1.54, 1.807) is 0 Å². The van der Waals surface area contributed by atoms with E-state index >= 15 is 0 Å². The van der Waals surface area contributed by atoms with E-state index in [1.165, 1.54) is 11.3 Å². The SMILES string of the molecule is Cc1cccc(N2CCN(CCC(=O)N3CCNC(C)C3)CC2)c1. The Kier molecular flexibility index (Phi) is 5.74. The van der Waals surface area contributed by atoms with E-state index in [0.29, 0.717) is 18.4 Å². The number of benzene rings is 1. The monoisotopic (exact) mass is 330 g/mol. The molecule has 2 fully saturated rings. The lowest BCUT2D eigenvalue weighted by Crippen LogP contribution is -2.52. The Bertz CT molecular complexity index is 554. The average Bonchev–Trinajstić information content (AvgIpc) is 2.60. The van der Waals surface area contributed by atoms with Crippen LogP contribution in [0.25, 0.3) is 0 Å². The second kappa shape index (κ2) is 7.99. The lowest BCUT2D eigenvalue weighted by atomic mass is 10.2. The van der Waals surface area contributed by atoms with Crippen molar-refractivity contribution in [2.45, 2.75) is 26.3 Å². The molecule has 2 saturated heterocycles. The van der Waals surface area contributed by atoms with Crippen LogP contribution in [0, 0.1) is 6.92 Å². The summed E-state index contributed by atoms with van der Waals surface area (Å²) in [6.45, 7) is 12.0. The largest absolute Gasteiger partial charge is 0.369 e. The van der Waals surface area contributed by atoms with E-state index in [1.807, 2.05) is 4.90 Å². The van der Waals surface area contributed by atoms with Gasteiger partial charge in [0.15, 0.2) is 0 Å². The normalized spacial score (nSPS) is 22.7. The van der Waals surface area contributed by atoms with Gasteiger partial charge in [-0.3, -0.25) is 9.69 Å². The van der Waals surface area contributed by atoms with Crippen LogP contribution in [-0.2, 0) is 4.79 Å². The zero-order valence-electron chi connectivity index (χ0n) is 15.0. The van der Waals surface area contributed by atoms with Crippen LogP contribution < -0.4 is 10.2 Å². The standard InChI is InChI=1S/C19H30N4O/c1-16-4-3-5-18(14-16)22-12-10-21(11-13-22)8-6-19(24)23-9-7-20-17(2)15-23/h3-5,14,17,20H,6-13,15H2,1-2H3. The fourth-order valence-corrected chi connectivity index (χ4v) is 3.63. The maximum Gasteiger partial charge on any atom is 0.223 e. The Morgan fingerprint density at radius 3 is 2.71 bits per heavy atom. The molecule has 1 amide bonds. The van der Waals surface area contributed by atoms with Crippen molar-refractivity contribution in [1.29, 1.82) is 0 Å². The van der Waals surface area contributed by atoms with Crippen LogP contribution in [0.3, 0.4) is 0 Å². The smallest absolute Gasteiger partial charge is 0.223 e. The van der Waals surface area contributed by atoms with Crippen LogP contribution in [0.2, 0.25) is 0 Å². The summed E-state index contributed by atoms with van der Waals surface area (Å²) < 4.78 is 0. The molecule has 0 saturated carbocycles. The number of hydrogen-bond acceptors (Lipinski definition) is 4. The highest BCUT2D eigenvalue weighted by Gasteiger charge is 2.22. The van der Waals surface area contributed by atoms with E-state index < -0.39 is 0 Å². The lowest BCUT2D eigenvalue weighted by Gasteiger charge is -2.37. The molecule has 0 aromatic heterocycles. The van der Waals surface area contributed by atoms with Gasteiger partial charge >= 0.3 is 0 Å². The van der Waals surface area contributed by atoms with Crippen LogP contribution in [0.5, 0.6) is 0 Å². The van der Waals surface area contributed by atoms with Gasteiger partial charge < -0.3 is 15.1 Å². The Hall–Kier alpha value is -1.59. The third-order valence-corrected chi connectivity index (χ3v) is 5.10. The summed E-state index contributed by atoms with van der Waals surface area (Å²) in [7, 11) is 0. The minimum absolute atomic E-state index is 0.310. The van der Waals surface area contributed by atoms with E-state index in [0.717, 1.165) is 52.4 Å². The molecule has 5 nitrogen and oxygen atoms in total. The van der Waals surface area contributed by atoms with Crippen molar-refractivity contribution in [3.8, 4) is 0 Å². The second-order valence-electron chi connectivity index (χ2n) is 7.11. The molecule has 0 aliphatic carbocycles. The first-order valence-corrected chi connectivity index (χ1v) is 9.17. The molecule has 2 aliphatic rings. The van der Waals surface area contributed by atoms with Crippen LogP contribution in [0.15, 0.2) is 24.3 Å². The van der Waals surface area contributed by atoms with Crippen molar-refractivity contribution in [2.24, 2.45) is 0 Å². The minimum atomic E-state index is 0.310. The minimum Gasteiger partial charge on any atom is -0.369 e. The number of piperazine rings is 2. The van der Waals surface area contributed by atoms with Gasteiger partial charge in [0, 0.05) is 70.5 Å². The summed E-state index contributed by atoms with van der Waals surface area (Å²) in [5, 5.41) is 3.39. The number of carbonyl (C=O) groups excluding carboxylic acids is 1. The molecule has 0 radical (unpaired) electrons. The lowest BCUT2D eigenvalue weighted by molar-refractivity contribution is -0.132. The van der Waals surface area contributed by atoms with Gasteiger partial charge in [-0.25, -0.2) is 0 Å². The number of aryl methyl sites for hydroxylation is 1. The molecular formula is C19H30N4O. The third kappa shape index (κ3) is 4.48. The first-order valence-electron chi connectivity index (χ1n) is 9.17. The molecule has 1 aromatic rings. The van der Waals surface area contributed by atoms with Crippen LogP contribution in [-0.4, -0.2) is 74.1 Å². The Morgan fingerprint density at radius 2 is 2.00 bits per heavy atom. The molecule has 0 spiro atoms. The molecule has 0 bridgehead atoms. The number of nitrogens with zero attached hydrogens (tertiary/aromatic N) is 3. The number of carbonyl (C=O) groups is 1. The average molecular weight is 330 g/mol. The quantitative estimate of drug-likeness (QED) is 0.904. The van der Waals surface area contributed by atoms with E-state index in [2.05, 4.69) is 53.2 Å². The summed E-state index contributed by atoms with van der Waals surface area (Å²) in [5.41, 5.74) is 2.63. The van der Waals surface area contributed by atoms with Crippen molar-refractivity contribution in [3.63, 3.8) is 0 Å². The molecule has 132 valence electrons. The van der Waals surface area contributed by atoms with Crippen molar-refractivity contribution in [3.05, 3.63) is 29.8 Å². The molecule has 2 aliphatic heterocycles. The number of anilines is 1. The molecule has 1 unspecified atom stereocenters. The van der Waals surface area contributed by atoms with Gasteiger partial charge in [0.2, 0.25) is 5.91 Å². The molecule has 5 heteroatoms. The maximum absolute atomic E-state index is 12.4. The van der Waals surface area contributed by atoms with Crippen molar-refractivity contribution >= 4 is 11.6 Å². The van der Waals surface area contributed by atoms with Gasteiger partial charge in [0.25, 0.3) is 0 Å². The summed E-state index contributed by atoms with van der Waals surface area (Å²) >= 11 is 0. The first kappa shape index (κ1) is 17.2. The number of amides is 1. The van der Waals surface area contributed by atoms with Gasteiger partial charge in [-0.1, -0.05) is 12.1 Å². The van der Waals surface area contributed by atoms with Gasteiger partial charge in [0.05, 0.1) is 0 Å². The van der Waals surface area contributed by atoms with Gasteiger partial charge in [-0.15, -0.1) is 0 Å². The molecule has 24 heavy (non-hydrogen) atoms. The predicted molar refractivity (Wildman–Crippen MR) is 98.5 cm³/mol. The number of rotatable bonds is 4. The zero-order chi connectivity index (χ0) is 16.9. The van der Waals surface area contributed by atoms with Gasteiger partial charge in [-0.05, 0) is 31.5 Å². The summed E-state index contributed by atoms with van der Waals surface area (Å²) in [5.74, 6) is 0.310. The zero-order valence-corrected chi connectivity index (χ0v) is 15.0. The van der Waals surface area contributed by atoms with Crippen LogP contribution in [0.1, 0.15) is 18.9 Å². The third-order valence-electron chi connectivity index (χ3n) is 5.10. The predicted octanol–water partition coefficient (Wildman–Crippen LogP) is 1.33. The van der Waals surface area contributed by atoms with Crippen molar-refractivity contribution in [2.75, 3.05) is 57.3 Å². The van der Waals surface area contributed by atoms with E-state index in [9.17, 15) is 4.79 Å². The maximum atomic E-state index is 12.4. The Balaban J connectivity index is 1.41. The van der Waals surface area contributed by atoms with Gasteiger partial charge in [0.1, 0.15) is 0 Å². The van der Waals surface area contributed by atoms with Crippen LogP contribution >= 0.6 is 0 Å². The van der Waals surface area contributed by atoms with Crippen molar-refractivity contribution in [1.82, 2.24) is 15.1 Å². The molecule has 1 aromatic carbocycles. The molecule has 1 N–H and O–H groups in total. The number of hydrogen-bond donors (Lipinski definition) is 1. The molecule has 2 heterocycles. The van der Waals surface area contributed by atoms with E-state index in [4.69, 9.17) is 0 Å². The highest BCUT2D eigenvalue weighted by atomic mass is 16.2. The number of nitrogens with one attached hydrogen (secondary N) is 1. The van der Waals surface area contributed by atoms with Crippen molar-refractivity contribution < 1.29 is 4.79 Å². The molecule has 3 rings (SSSR count). The van der Waals surface area contributed by atoms with Gasteiger partial charge in [-0.2, -0.15) is 0 Å². The topological polar surface area (TPSA) is 38.8 Å². The Morgan fingerprint density at radius 1 is 1.21 bits per heavy atom. The molecule has 1 atom stereocenters. The fraction of sp³-hybridized carbons (Fsp3) is 0.632. The highest BCUT2D eigenvalue weighted by Crippen LogP contribution is 2.18. The van der Waals surface area contributed by atoms with E-state index in [-0.39, 0.29) is 0 Å². The summed E-state index contributed by atoms with van der Waals surface area (Å²) in [4.78, 5) is 19.3. The highest BCUT2D eigenvalue weighted by molar-refractivity contribution is 5.76. The summed E-state index contributed by atoms with van der Waals surface area (Å²) in [6, 6.07) is 9.13. The molecular weight excluding hydrogens is 300 g/mol. The van der Waals surface area contributed by atoms with Crippen LogP contribution in [0.4, 0.5) is 5.69 Å². The fourth-order valence-electron chi connectivity index (χ4n) is 3.63. The first-order chi connectivity index (χ1) is 11.6.